The Morgan fingerprint density at radius 3 is 2.84 bits per heavy atom. The molecule has 0 spiro atoms. The zero-order valence-corrected chi connectivity index (χ0v) is 15.5. The van der Waals surface area contributed by atoms with E-state index in [1.165, 1.54) is 19.4 Å². The minimum Gasteiger partial charge on any atom is -0.355 e. The zero-order valence-electron chi connectivity index (χ0n) is 15.5. The van der Waals surface area contributed by atoms with Crippen molar-refractivity contribution in [2.75, 3.05) is 51.7 Å². The first-order chi connectivity index (χ1) is 12.1. The molecule has 5 heteroatoms. The van der Waals surface area contributed by atoms with E-state index in [1.807, 2.05) is 37.3 Å². The summed E-state index contributed by atoms with van der Waals surface area (Å²) in [6.07, 6.45) is 6.76. The Hall–Kier alpha value is -1.62. The normalized spacial score (nSPS) is 30.0. The average molecular weight is 342 g/mol. The summed E-state index contributed by atoms with van der Waals surface area (Å²) in [5.74, 6) is 2.62. The van der Waals surface area contributed by atoms with Crippen LogP contribution in [0.25, 0.3) is 0 Å². The Balaban J connectivity index is 1.60. The number of hydrogen-bond donors (Lipinski definition) is 0. The van der Waals surface area contributed by atoms with Crippen LogP contribution >= 0.6 is 0 Å². The van der Waals surface area contributed by atoms with Gasteiger partial charge in [-0.3, -0.25) is 4.79 Å². The number of likely N-dealkylation sites (tertiary alicyclic amines) is 1. The van der Waals surface area contributed by atoms with Crippen molar-refractivity contribution in [1.29, 1.82) is 0 Å². The molecule has 136 valence electrons. The van der Waals surface area contributed by atoms with Gasteiger partial charge in [0.1, 0.15) is 5.82 Å². The summed E-state index contributed by atoms with van der Waals surface area (Å²) in [5, 5.41) is 0. The molecule has 1 saturated carbocycles. The van der Waals surface area contributed by atoms with Gasteiger partial charge < -0.3 is 14.7 Å². The van der Waals surface area contributed by atoms with E-state index in [9.17, 15) is 4.79 Å². The first-order valence-corrected chi connectivity index (χ1v) is 9.68. The third kappa shape index (κ3) is 3.26. The Morgan fingerprint density at radius 2 is 2.16 bits per heavy atom. The Morgan fingerprint density at radius 1 is 1.32 bits per heavy atom. The van der Waals surface area contributed by atoms with E-state index >= 15 is 0 Å². The summed E-state index contributed by atoms with van der Waals surface area (Å²) in [5.41, 5.74) is -0.251. The second-order valence-electron chi connectivity index (χ2n) is 8.43. The highest BCUT2D eigenvalue weighted by Crippen LogP contribution is 2.45. The topological polar surface area (TPSA) is 39.7 Å². The van der Waals surface area contributed by atoms with Gasteiger partial charge in [0.25, 0.3) is 0 Å². The van der Waals surface area contributed by atoms with Crippen molar-refractivity contribution >= 4 is 11.7 Å². The molecule has 1 aliphatic carbocycles. The molecule has 1 aromatic heterocycles. The van der Waals surface area contributed by atoms with Crippen molar-refractivity contribution in [2.45, 2.75) is 25.7 Å². The fraction of sp³-hybridized carbons (Fsp3) is 0.700. The monoisotopic (exact) mass is 342 g/mol. The van der Waals surface area contributed by atoms with Crippen LogP contribution in [0.1, 0.15) is 25.7 Å². The van der Waals surface area contributed by atoms with Gasteiger partial charge in [0, 0.05) is 52.4 Å². The predicted molar refractivity (Wildman–Crippen MR) is 99.5 cm³/mol. The molecule has 0 unspecified atom stereocenters. The van der Waals surface area contributed by atoms with Gasteiger partial charge in [-0.25, -0.2) is 4.98 Å². The SMILES string of the molecule is CN(C)C(=O)[C@]12CCCN(CC3CC3)C[C@H]1CN(c1ccccn1)C2. The van der Waals surface area contributed by atoms with Crippen LogP contribution in [-0.2, 0) is 4.79 Å². The fourth-order valence-corrected chi connectivity index (χ4v) is 4.85. The van der Waals surface area contributed by atoms with E-state index in [0.717, 1.165) is 50.8 Å². The van der Waals surface area contributed by atoms with Crippen molar-refractivity contribution in [3.63, 3.8) is 0 Å². The minimum atomic E-state index is -0.251. The Bertz CT molecular complexity index is 615. The second-order valence-corrected chi connectivity index (χ2v) is 8.43. The summed E-state index contributed by atoms with van der Waals surface area (Å²) in [4.78, 5) is 24.6. The molecule has 3 heterocycles. The smallest absolute Gasteiger partial charge is 0.230 e. The number of pyridine rings is 1. The van der Waals surface area contributed by atoms with Crippen molar-refractivity contribution in [2.24, 2.45) is 17.3 Å². The van der Waals surface area contributed by atoms with Crippen LogP contribution in [0.2, 0.25) is 0 Å². The van der Waals surface area contributed by atoms with Crippen LogP contribution in [0.5, 0.6) is 0 Å². The predicted octanol–water partition coefficient (Wildman–Crippen LogP) is 2.10. The first-order valence-electron chi connectivity index (χ1n) is 9.68. The molecule has 0 radical (unpaired) electrons. The van der Waals surface area contributed by atoms with E-state index in [4.69, 9.17) is 0 Å². The van der Waals surface area contributed by atoms with Crippen LogP contribution < -0.4 is 4.90 Å². The summed E-state index contributed by atoms with van der Waals surface area (Å²) in [6.45, 7) is 5.19. The maximum Gasteiger partial charge on any atom is 0.230 e. The maximum atomic E-state index is 13.2. The molecule has 4 rings (SSSR count). The molecule has 0 N–H and O–H groups in total. The van der Waals surface area contributed by atoms with Crippen LogP contribution in [-0.4, -0.2) is 67.5 Å². The van der Waals surface area contributed by atoms with Crippen molar-refractivity contribution in [3.8, 4) is 0 Å². The summed E-state index contributed by atoms with van der Waals surface area (Å²) in [6, 6.07) is 6.06. The van der Waals surface area contributed by atoms with E-state index in [2.05, 4.69) is 20.9 Å². The number of anilines is 1. The molecule has 3 fully saturated rings. The Kier molecular flexibility index (Phi) is 4.44. The molecule has 0 bridgehead atoms. The molecule has 3 aliphatic rings. The van der Waals surface area contributed by atoms with E-state index in [-0.39, 0.29) is 5.41 Å². The number of carbonyl (C=O) groups excluding carboxylic acids is 1. The molecule has 2 aliphatic heterocycles. The number of nitrogens with zero attached hydrogens (tertiary/aromatic N) is 4. The second kappa shape index (κ2) is 6.60. The van der Waals surface area contributed by atoms with Crippen molar-refractivity contribution in [3.05, 3.63) is 24.4 Å². The summed E-state index contributed by atoms with van der Waals surface area (Å²) in [7, 11) is 3.81. The lowest BCUT2D eigenvalue weighted by Gasteiger charge is -2.34. The van der Waals surface area contributed by atoms with Gasteiger partial charge in [-0.15, -0.1) is 0 Å². The third-order valence-electron chi connectivity index (χ3n) is 6.29. The molecule has 2 atom stereocenters. The van der Waals surface area contributed by atoms with Crippen molar-refractivity contribution < 1.29 is 4.79 Å². The quantitative estimate of drug-likeness (QED) is 0.840. The van der Waals surface area contributed by atoms with Gasteiger partial charge in [0.05, 0.1) is 5.41 Å². The minimum absolute atomic E-state index is 0.251. The van der Waals surface area contributed by atoms with Gasteiger partial charge in [0.15, 0.2) is 0 Å². The zero-order chi connectivity index (χ0) is 17.4. The Labute approximate surface area is 151 Å². The highest BCUT2D eigenvalue weighted by Gasteiger charge is 2.54. The number of fused-ring (bicyclic) bond motifs is 1. The molecular formula is C20H30N4O. The number of hydrogen-bond acceptors (Lipinski definition) is 4. The number of aromatic nitrogens is 1. The van der Waals surface area contributed by atoms with Gasteiger partial charge in [-0.2, -0.15) is 0 Å². The molecule has 1 aromatic rings. The molecule has 1 amide bonds. The number of rotatable bonds is 4. The van der Waals surface area contributed by atoms with E-state index in [0.29, 0.717) is 11.8 Å². The van der Waals surface area contributed by atoms with Crippen LogP contribution in [0.15, 0.2) is 24.4 Å². The maximum absolute atomic E-state index is 13.2. The average Bonchev–Trinajstić information content (AvgIpc) is 3.38. The number of carbonyl (C=O) groups is 1. The van der Waals surface area contributed by atoms with Crippen LogP contribution in [0, 0.1) is 17.3 Å². The van der Waals surface area contributed by atoms with Gasteiger partial charge in [-0.1, -0.05) is 6.07 Å². The molecule has 0 aromatic carbocycles. The molecule has 25 heavy (non-hydrogen) atoms. The summed E-state index contributed by atoms with van der Waals surface area (Å²) < 4.78 is 0. The van der Waals surface area contributed by atoms with E-state index < -0.39 is 0 Å². The molecule has 5 nitrogen and oxygen atoms in total. The van der Waals surface area contributed by atoms with Crippen LogP contribution in [0.3, 0.4) is 0 Å². The highest BCUT2D eigenvalue weighted by atomic mass is 16.2. The lowest BCUT2D eigenvalue weighted by Crippen LogP contribution is -2.47. The lowest BCUT2D eigenvalue weighted by atomic mass is 9.74. The summed E-state index contributed by atoms with van der Waals surface area (Å²) >= 11 is 0. The third-order valence-corrected chi connectivity index (χ3v) is 6.29. The standard InChI is InChI=1S/C20H30N4O/c1-22(2)19(25)20-9-5-11-23(12-16-7-8-16)13-17(20)14-24(15-20)18-6-3-4-10-21-18/h3-4,6,10,16-17H,5,7-9,11-15H2,1-2H3/t17-,20-/m0/s1. The lowest BCUT2D eigenvalue weighted by molar-refractivity contribution is -0.141. The highest BCUT2D eigenvalue weighted by molar-refractivity contribution is 5.84. The van der Waals surface area contributed by atoms with Crippen molar-refractivity contribution in [1.82, 2.24) is 14.8 Å². The van der Waals surface area contributed by atoms with Crippen LogP contribution in [0.4, 0.5) is 5.82 Å². The van der Waals surface area contributed by atoms with Gasteiger partial charge in [-0.05, 0) is 50.3 Å². The first kappa shape index (κ1) is 16.8. The van der Waals surface area contributed by atoms with Gasteiger partial charge in [0.2, 0.25) is 5.91 Å². The fourth-order valence-electron chi connectivity index (χ4n) is 4.85. The number of amides is 1. The molecule has 2 saturated heterocycles. The molecular weight excluding hydrogens is 312 g/mol. The van der Waals surface area contributed by atoms with Gasteiger partial charge >= 0.3 is 0 Å². The van der Waals surface area contributed by atoms with E-state index in [1.54, 1.807) is 0 Å². The largest absolute Gasteiger partial charge is 0.355 e.